The van der Waals surface area contributed by atoms with Crippen LogP contribution in [0.25, 0.3) is 0 Å². The molecule has 3 rings (SSSR count). The Morgan fingerprint density at radius 1 is 1.18 bits per heavy atom. The highest BCUT2D eigenvalue weighted by Gasteiger charge is 2.35. The third-order valence-corrected chi connectivity index (χ3v) is 3.86. The number of carbonyl (C=O) groups is 2. The van der Waals surface area contributed by atoms with Gasteiger partial charge in [-0.3, -0.25) is 9.59 Å². The lowest BCUT2D eigenvalue weighted by Crippen LogP contribution is -2.31. The molecule has 1 aliphatic rings. The van der Waals surface area contributed by atoms with Crippen molar-refractivity contribution >= 4 is 11.9 Å². The van der Waals surface area contributed by atoms with E-state index in [0.717, 1.165) is 5.56 Å². The fourth-order valence-corrected chi connectivity index (χ4v) is 2.83. The van der Waals surface area contributed by atoms with Gasteiger partial charge in [0.05, 0.1) is 12.5 Å². The highest BCUT2D eigenvalue weighted by Crippen LogP contribution is 2.34. The van der Waals surface area contributed by atoms with Crippen molar-refractivity contribution in [3.63, 3.8) is 0 Å². The third-order valence-electron chi connectivity index (χ3n) is 3.86. The molecule has 0 radical (unpaired) electrons. The van der Waals surface area contributed by atoms with Gasteiger partial charge in [-0.1, -0.05) is 36.4 Å². The molecule has 2 aromatic rings. The zero-order valence-corrected chi connectivity index (χ0v) is 11.7. The highest BCUT2D eigenvalue weighted by molar-refractivity contribution is 5.98. The molecule has 1 heterocycles. The number of carboxylic acids is 1. The predicted molar refractivity (Wildman–Crippen MR) is 77.7 cm³/mol. The van der Waals surface area contributed by atoms with Gasteiger partial charge in [0.15, 0.2) is 0 Å². The topological polar surface area (TPSA) is 57.6 Å². The van der Waals surface area contributed by atoms with Crippen LogP contribution in [0, 0.1) is 5.82 Å². The van der Waals surface area contributed by atoms with E-state index >= 15 is 0 Å². The first-order valence-electron chi connectivity index (χ1n) is 6.93. The minimum absolute atomic E-state index is 0.228. The van der Waals surface area contributed by atoms with Crippen LogP contribution >= 0.6 is 0 Å². The van der Waals surface area contributed by atoms with Gasteiger partial charge < -0.3 is 10.0 Å². The Bertz CT molecular complexity index is 744. The van der Waals surface area contributed by atoms with Gasteiger partial charge >= 0.3 is 5.97 Å². The number of carbonyl (C=O) groups excluding carboxylic acids is 1. The number of benzene rings is 2. The summed E-state index contributed by atoms with van der Waals surface area (Å²) in [6.07, 6.45) is -0.333. The minimum atomic E-state index is -1.07. The zero-order chi connectivity index (χ0) is 15.7. The van der Waals surface area contributed by atoms with Crippen molar-refractivity contribution < 1.29 is 19.1 Å². The molecule has 1 N–H and O–H groups in total. The van der Waals surface area contributed by atoms with E-state index in [1.165, 1.54) is 23.1 Å². The van der Waals surface area contributed by atoms with Crippen LogP contribution in [-0.4, -0.2) is 21.9 Å². The molecule has 0 saturated heterocycles. The number of hydrogen-bond donors (Lipinski definition) is 1. The standard InChI is InChI=1S/C17H14FNO3/c18-14-8-4-3-7-13(14)15(9-16(20)21)19-10-11-5-1-2-6-12(11)17(19)22/h1-8,15H,9-10H2,(H,20,21)/t15-/m1/s1. The van der Waals surface area contributed by atoms with Gasteiger partial charge in [-0.15, -0.1) is 0 Å². The number of carboxylic acid groups (broad SMARTS) is 1. The third kappa shape index (κ3) is 2.45. The molecule has 0 spiro atoms. The van der Waals surface area contributed by atoms with E-state index in [-0.39, 0.29) is 17.9 Å². The summed E-state index contributed by atoms with van der Waals surface area (Å²) in [6, 6.07) is 12.3. The lowest BCUT2D eigenvalue weighted by molar-refractivity contribution is -0.138. The molecule has 4 nitrogen and oxygen atoms in total. The van der Waals surface area contributed by atoms with Gasteiger partial charge in [-0.05, 0) is 17.7 Å². The normalized spacial score (nSPS) is 14.8. The minimum Gasteiger partial charge on any atom is -0.481 e. The van der Waals surface area contributed by atoms with Gasteiger partial charge in [0.25, 0.3) is 5.91 Å². The summed E-state index contributed by atoms with van der Waals surface area (Å²) in [5.74, 6) is -1.83. The Kier molecular flexibility index (Phi) is 3.63. The van der Waals surface area contributed by atoms with Crippen LogP contribution in [0.5, 0.6) is 0 Å². The quantitative estimate of drug-likeness (QED) is 0.944. The lowest BCUT2D eigenvalue weighted by atomic mass is 10.0. The second kappa shape index (κ2) is 5.60. The van der Waals surface area contributed by atoms with Crippen molar-refractivity contribution in [1.82, 2.24) is 4.90 Å². The van der Waals surface area contributed by atoms with Crippen LogP contribution in [-0.2, 0) is 11.3 Å². The van der Waals surface area contributed by atoms with Gasteiger partial charge in [-0.25, -0.2) is 4.39 Å². The SMILES string of the molecule is O=C(O)C[C@H](c1ccccc1F)N1Cc2ccccc2C1=O. The van der Waals surface area contributed by atoms with Crippen LogP contribution in [0.2, 0.25) is 0 Å². The number of amides is 1. The largest absolute Gasteiger partial charge is 0.481 e. The number of nitrogens with zero attached hydrogens (tertiary/aromatic N) is 1. The van der Waals surface area contributed by atoms with E-state index in [1.807, 2.05) is 12.1 Å². The first-order valence-corrected chi connectivity index (χ1v) is 6.93. The summed E-state index contributed by atoms with van der Waals surface area (Å²) in [7, 11) is 0. The van der Waals surface area contributed by atoms with E-state index in [2.05, 4.69) is 0 Å². The summed E-state index contributed by atoms with van der Waals surface area (Å²) < 4.78 is 14.1. The van der Waals surface area contributed by atoms with Gasteiger partial charge in [-0.2, -0.15) is 0 Å². The molecule has 0 bridgehead atoms. The van der Waals surface area contributed by atoms with Crippen molar-refractivity contribution in [3.8, 4) is 0 Å². The summed E-state index contributed by atoms with van der Waals surface area (Å²) in [5.41, 5.74) is 1.61. The molecule has 5 heteroatoms. The van der Waals surface area contributed by atoms with Crippen molar-refractivity contribution in [2.75, 3.05) is 0 Å². The van der Waals surface area contributed by atoms with E-state index in [9.17, 15) is 14.0 Å². The maximum atomic E-state index is 14.1. The molecular formula is C17H14FNO3. The fraction of sp³-hybridized carbons (Fsp3) is 0.176. The number of rotatable bonds is 4. The van der Waals surface area contributed by atoms with Crippen LogP contribution in [0.15, 0.2) is 48.5 Å². The van der Waals surface area contributed by atoms with E-state index in [4.69, 9.17) is 5.11 Å². The number of aliphatic carboxylic acids is 1. The van der Waals surface area contributed by atoms with Crippen LogP contribution in [0.3, 0.4) is 0 Å². The van der Waals surface area contributed by atoms with Crippen LogP contribution in [0.1, 0.15) is 33.9 Å². The second-order valence-electron chi connectivity index (χ2n) is 5.23. The maximum absolute atomic E-state index is 14.1. The second-order valence-corrected chi connectivity index (χ2v) is 5.23. The summed E-state index contributed by atoms with van der Waals surface area (Å²) in [4.78, 5) is 25.1. The van der Waals surface area contributed by atoms with Crippen LogP contribution in [0.4, 0.5) is 4.39 Å². The van der Waals surface area contributed by atoms with Crippen molar-refractivity contribution in [3.05, 3.63) is 71.0 Å². The molecule has 2 aromatic carbocycles. The number of halogens is 1. The Hall–Kier alpha value is -2.69. The summed E-state index contributed by atoms with van der Waals surface area (Å²) in [6.45, 7) is 0.293. The Morgan fingerprint density at radius 2 is 1.86 bits per heavy atom. The van der Waals surface area contributed by atoms with Crippen molar-refractivity contribution in [2.24, 2.45) is 0 Å². The fourth-order valence-electron chi connectivity index (χ4n) is 2.83. The summed E-state index contributed by atoms with van der Waals surface area (Å²) in [5, 5.41) is 9.14. The lowest BCUT2D eigenvalue weighted by Gasteiger charge is -2.27. The first-order chi connectivity index (χ1) is 10.6. The maximum Gasteiger partial charge on any atom is 0.305 e. The van der Waals surface area contributed by atoms with Gasteiger partial charge in [0, 0.05) is 17.7 Å². The molecule has 0 unspecified atom stereocenters. The average molecular weight is 299 g/mol. The molecule has 22 heavy (non-hydrogen) atoms. The van der Waals surface area contributed by atoms with Gasteiger partial charge in [0.1, 0.15) is 5.82 Å². The molecule has 1 amide bonds. The Morgan fingerprint density at radius 3 is 2.55 bits per heavy atom. The van der Waals surface area contributed by atoms with E-state index in [1.54, 1.807) is 18.2 Å². The number of fused-ring (bicyclic) bond motifs is 1. The van der Waals surface area contributed by atoms with E-state index < -0.39 is 17.8 Å². The average Bonchev–Trinajstić information content (AvgIpc) is 2.83. The summed E-state index contributed by atoms with van der Waals surface area (Å²) >= 11 is 0. The molecule has 1 aliphatic heterocycles. The highest BCUT2D eigenvalue weighted by atomic mass is 19.1. The molecule has 0 saturated carbocycles. The molecule has 112 valence electrons. The molecule has 0 aromatic heterocycles. The predicted octanol–water partition coefficient (Wildman–Crippen LogP) is 3.00. The van der Waals surface area contributed by atoms with Gasteiger partial charge in [0.2, 0.25) is 0 Å². The van der Waals surface area contributed by atoms with Crippen molar-refractivity contribution in [1.29, 1.82) is 0 Å². The van der Waals surface area contributed by atoms with Crippen LogP contribution < -0.4 is 0 Å². The zero-order valence-electron chi connectivity index (χ0n) is 11.7. The molecule has 1 atom stereocenters. The molecular weight excluding hydrogens is 285 g/mol. The molecule has 0 fully saturated rings. The molecule has 0 aliphatic carbocycles. The Balaban J connectivity index is 2.00. The Labute approximate surface area is 126 Å². The number of hydrogen-bond acceptors (Lipinski definition) is 2. The van der Waals surface area contributed by atoms with E-state index in [0.29, 0.717) is 12.1 Å². The smallest absolute Gasteiger partial charge is 0.305 e. The monoisotopic (exact) mass is 299 g/mol. The van der Waals surface area contributed by atoms with Crippen molar-refractivity contribution in [2.45, 2.75) is 19.0 Å². The first kappa shape index (κ1) is 14.3.